The van der Waals surface area contributed by atoms with Crippen LogP contribution in [0.4, 0.5) is 0 Å². The maximum Gasteiger partial charge on any atom is 0.209 e. The summed E-state index contributed by atoms with van der Waals surface area (Å²) >= 11 is 0. The van der Waals surface area contributed by atoms with Gasteiger partial charge in [-0.05, 0) is 37.1 Å². The number of H-pyrrole nitrogens is 1. The van der Waals surface area contributed by atoms with Crippen LogP contribution in [-0.4, -0.2) is 24.6 Å². The van der Waals surface area contributed by atoms with Gasteiger partial charge in [-0.3, -0.25) is 0 Å². The van der Waals surface area contributed by atoms with Crippen molar-refractivity contribution in [1.82, 2.24) is 14.7 Å². The lowest BCUT2D eigenvalue weighted by Gasteiger charge is -1.97. The first-order valence-electron chi connectivity index (χ1n) is 5.25. The SMILES string of the molecule is Cc1cc2nc(CNS(C)(=O)=O)[nH]c2cc1C. The number of hydrogen-bond donors (Lipinski definition) is 2. The molecule has 6 heteroatoms. The zero-order valence-corrected chi connectivity index (χ0v) is 10.9. The van der Waals surface area contributed by atoms with Crippen LogP contribution in [0.3, 0.4) is 0 Å². The van der Waals surface area contributed by atoms with Crippen LogP contribution in [0.5, 0.6) is 0 Å². The normalized spacial score (nSPS) is 12.2. The van der Waals surface area contributed by atoms with Crippen molar-refractivity contribution in [2.24, 2.45) is 0 Å². The van der Waals surface area contributed by atoms with Crippen molar-refractivity contribution >= 4 is 21.1 Å². The largest absolute Gasteiger partial charge is 0.341 e. The van der Waals surface area contributed by atoms with Crippen LogP contribution in [0.1, 0.15) is 17.0 Å². The number of hydrogen-bond acceptors (Lipinski definition) is 3. The molecule has 0 aliphatic heterocycles. The minimum Gasteiger partial charge on any atom is -0.341 e. The second-order valence-corrected chi connectivity index (χ2v) is 6.06. The van der Waals surface area contributed by atoms with Crippen LogP contribution < -0.4 is 4.72 Å². The van der Waals surface area contributed by atoms with Crippen molar-refractivity contribution in [2.45, 2.75) is 20.4 Å². The second-order valence-electron chi connectivity index (χ2n) is 4.23. The highest BCUT2D eigenvalue weighted by atomic mass is 32.2. The monoisotopic (exact) mass is 253 g/mol. The summed E-state index contributed by atoms with van der Waals surface area (Å²) in [6.45, 7) is 4.24. The number of sulfonamides is 1. The van der Waals surface area contributed by atoms with Crippen LogP contribution in [0.15, 0.2) is 12.1 Å². The Bertz CT molecular complexity index is 620. The Morgan fingerprint density at radius 3 is 2.59 bits per heavy atom. The van der Waals surface area contributed by atoms with E-state index in [1.54, 1.807) is 0 Å². The number of benzene rings is 1. The first-order valence-corrected chi connectivity index (χ1v) is 7.15. The predicted octanol–water partition coefficient (Wildman–Crippen LogP) is 1.23. The van der Waals surface area contributed by atoms with Crippen molar-refractivity contribution in [3.8, 4) is 0 Å². The summed E-state index contributed by atoms with van der Waals surface area (Å²) in [4.78, 5) is 7.43. The van der Waals surface area contributed by atoms with Crippen LogP contribution >= 0.6 is 0 Å². The molecule has 2 aromatic rings. The molecule has 1 aromatic carbocycles. The molecule has 0 saturated carbocycles. The highest BCUT2D eigenvalue weighted by Gasteiger charge is 2.07. The van der Waals surface area contributed by atoms with Crippen molar-refractivity contribution in [3.63, 3.8) is 0 Å². The average Bonchev–Trinajstić information content (AvgIpc) is 2.57. The molecule has 17 heavy (non-hydrogen) atoms. The zero-order valence-electron chi connectivity index (χ0n) is 10.0. The van der Waals surface area contributed by atoms with E-state index in [2.05, 4.69) is 14.7 Å². The summed E-state index contributed by atoms with van der Waals surface area (Å²) in [5.74, 6) is 0.621. The molecule has 0 saturated heterocycles. The minimum absolute atomic E-state index is 0.186. The van der Waals surface area contributed by atoms with Crippen LogP contribution in [0.25, 0.3) is 11.0 Å². The molecule has 0 unspecified atom stereocenters. The Morgan fingerprint density at radius 2 is 1.94 bits per heavy atom. The number of rotatable bonds is 3. The molecular weight excluding hydrogens is 238 g/mol. The van der Waals surface area contributed by atoms with E-state index in [1.807, 2.05) is 26.0 Å². The Labute approximate surface area is 100 Å². The highest BCUT2D eigenvalue weighted by Crippen LogP contribution is 2.17. The van der Waals surface area contributed by atoms with Crippen LogP contribution in [0, 0.1) is 13.8 Å². The summed E-state index contributed by atoms with van der Waals surface area (Å²) in [6.07, 6.45) is 1.13. The molecule has 2 N–H and O–H groups in total. The Morgan fingerprint density at radius 1 is 1.29 bits per heavy atom. The number of nitrogens with zero attached hydrogens (tertiary/aromatic N) is 1. The Balaban J connectivity index is 2.32. The maximum atomic E-state index is 11.0. The molecule has 1 heterocycles. The fraction of sp³-hybridized carbons (Fsp3) is 0.364. The standard InChI is InChI=1S/C11H15N3O2S/c1-7-4-9-10(5-8(7)2)14-11(13-9)6-12-17(3,15)16/h4-5,12H,6H2,1-3H3,(H,13,14). The molecule has 0 amide bonds. The van der Waals surface area contributed by atoms with Gasteiger partial charge in [-0.1, -0.05) is 0 Å². The van der Waals surface area contributed by atoms with Gasteiger partial charge in [0, 0.05) is 0 Å². The molecule has 0 fully saturated rings. The lowest BCUT2D eigenvalue weighted by Crippen LogP contribution is -2.21. The lowest BCUT2D eigenvalue weighted by molar-refractivity contribution is 0.586. The summed E-state index contributed by atoms with van der Waals surface area (Å²) in [7, 11) is -3.19. The van der Waals surface area contributed by atoms with E-state index in [0.717, 1.165) is 17.3 Å². The first kappa shape index (κ1) is 12.1. The Kier molecular flexibility index (Phi) is 2.92. The van der Waals surface area contributed by atoms with E-state index >= 15 is 0 Å². The number of imidazole rings is 1. The van der Waals surface area contributed by atoms with Gasteiger partial charge in [0.1, 0.15) is 5.82 Å². The molecular formula is C11H15N3O2S. The van der Waals surface area contributed by atoms with Gasteiger partial charge in [0.05, 0.1) is 23.8 Å². The van der Waals surface area contributed by atoms with E-state index in [1.165, 1.54) is 11.1 Å². The van der Waals surface area contributed by atoms with Gasteiger partial charge in [-0.15, -0.1) is 0 Å². The van der Waals surface area contributed by atoms with Gasteiger partial charge in [-0.2, -0.15) is 0 Å². The fourth-order valence-electron chi connectivity index (χ4n) is 1.61. The molecule has 1 aromatic heterocycles. The molecule has 0 bridgehead atoms. The topological polar surface area (TPSA) is 74.8 Å². The maximum absolute atomic E-state index is 11.0. The quantitative estimate of drug-likeness (QED) is 0.864. The average molecular weight is 253 g/mol. The molecule has 2 rings (SSSR count). The highest BCUT2D eigenvalue weighted by molar-refractivity contribution is 7.88. The van der Waals surface area contributed by atoms with Gasteiger partial charge in [0.25, 0.3) is 0 Å². The summed E-state index contributed by atoms with van der Waals surface area (Å²) in [5.41, 5.74) is 4.15. The van der Waals surface area contributed by atoms with Crippen molar-refractivity contribution in [2.75, 3.05) is 6.26 Å². The van der Waals surface area contributed by atoms with E-state index < -0.39 is 10.0 Å². The number of aromatic nitrogens is 2. The van der Waals surface area contributed by atoms with E-state index in [9.17, 15) is 8.42 Å². The fourth-order valence-corrected chi connectivity index (χ4v) is 2.00. The molecule has 0 aliphatic carbocycles. The van der Waals surface area contributed by atoms with Gasteiger partial charge in [0.15, 0.2) is 0 Å². The van der Waals surface area contributed by atoms with E-state index in [-0.39, 0.29) is 6.54 Å². The first-order chi connectivity index (χ1) is 7.85. The zero-order chi connectivity index (χ0) is 12.6. The van der Waals surface area contributed by atoms with Crippen molar-refractivity contribution in [3.05, 3.63) is 29.1 Å². The molecule has 0 spiro atoms. The summed E-state index contributed by atoms with van der Waals surface area (Å²) in [5, 5.41) is 0. The molecule has 0 radical (unpaired) electrons. The van der Waals surface area contributed by atoms with Crippen molar-refractivity contribution in [1.29, 1.82) is 0 Å². The van der Waals surface area contributed by atoms with Crippen LogP contribution in [-0.2, 0) is 16.6 Å². The third kappa shape index (κ3) is 2.83. The molecule has 0 atom stereocenters. The lowest BCUT2D eigenvalue weighted by atomic mass is 10.1. The third-order valence-electron chi connectivity index (χ3n) is 2.65. The molecule has 5 nitrogen and oxygen atoms in total. The summed E-state index contributed by atoms with van der Waals surface area (Å²) < 4.78 is 24.4. The van der Waals surface area contributed by atoms with Gasteiger partial charge in [-0.25, -0.2) is 18.1 Å². The number of aromatic amines is 1. The third-order valence-corrected chi connectivity index (χ3v) is 3.32. The summed E-state index contributed by atoms with van der Waals surface area (Å²) in [6, 6.07) is 4.01. The number of aryl methyl sites for hydroxylation is 2. The Hall–Kier alpha value is -1.40. The predicted molar refractivity (Wildman–Crippen MR) is 67.3 cm³/mol. The number of fused-ring (bicyclic) bond motifs is 1. The van der Waals surface area contributed by atoms with E-state index in [0.29, 0.717) is 5.82 Å². The van der Waals surface area contributed by atoms with E-state index in [4.69, 9.17) is 0 Å². The van der Waals surface area contributed by atoms with Gasteiger partial charge < -0.3 is 4.98 Å². The second kappa shape index (κ2) is 4.12. The van der Waals surface area contributed by atoms with Gasteiger partial charge in [0.2, 0.25) is 10.0 Å². The molecule has 92 valence electrons. The van der Waals surface area contributed by atoms with Gasteiger partial charge >= 0.3 is 0 Å². The van der Waals surface area contributed by atoms with Crippen LogP contribution in [0.2, 0.25) is 0 Å². The smallest absolute Gasteiger partial charge is 0.209 e. The van der Waals surface area contributed by atoms with Crippen molar-refractivity contribution < 1.29 is 8.42 Å². The number of nitrogens with one attached hydrogen (secondary N) is 2. The molecule has 0 aliphatic rings. The minimum atomic E-state index is -3.19.